The Kier molecular flexibility index (Phi) is 4.82. The zero-order valence-corrected chi connectivity index (χ0v) is 18.6. The number of para-hydroxylation sites is 3. The molecular weight excluding hydrogens is 392 g/mol. The summed E-state index contributed by atoms with van der Waals surface area (Å²) in [6, 6.07) is 35.3. The topological polar surface area (TPSA) is 25.2 Å². The van der Waals surface area contributed by atoms with Crippen molar-refractivity contribution < 1.29 is 4.79 Å². The van der Waals surface area contributed by atoms with Crippen molar-refractivity contribution in [3.8, 4) is 0 Å². The van der Waals surface area contributed by atoms with Gasteiger partial charge >= 0.3 is 0 Å². The summed E-state index contributed by atoms with van der Waals surface area (Å²) in [5.41, 5.74) is 4.65. The van der Waals surface area contributed by atoms with Gasteiger partial charge in [-0.15, -0.1) is 0 Å². The zero-order chi connectivity index (χ0) is 22.3. The maximum absolute atomic E-state index is 13.4. The smallest absolute Gasteiger partial charge is 0.236 e. The Morgan fingerprint density at radius 3 is 1.75 bits per heavy atom. The zero-order valence-electron chi connectivity index (χ0n) is 18.6. The highest BCUT2D eigenvalue weighted by Gasteiger charge is 2.27. The SMILES string of the molecule is CC(C)(C)C(=O)n1c2ccccc2c2cc(N(c3ccccc3)c3ccccc3)ccc21. The van der Waals surface area contributed by atoms with Crippen LogP contribution in [0.25, 0.3) is 21.8 Å². The third-order valence-electron chi connectivity index (χ3n) is 5.79. The van der Waals surface area contributed by atoms with Crippen molar-refractivity contribution in [2.24, 2.45) is 5.41 Å². The molecule has 0 bridgehead atoms. The van der Waals surface area contributed by atoms with Gasteiger partial charge in [0.15, 0.2) is 0 Å². The van der Waals surface area contributed by atoms with Crippen LogP contribution in [0.4, 0.5) is 17.1 Å². The maximum Gasteiger partial charge on any atom is 0.236 e. The minimum Gasteiger partial charge on any atom is -0.310 e. The van der Waals surface area contributed by atoms with Crippen LogP contribution in [0.2, 0.25) is 0 Å². The fourth-order valence-electron chi connectivity index (χ4n) is 4.26. The van der Waals surface area contributed by atoms with Gasteiger partial charge in [-0.3, -0.25) is 9.36 Å². The van der Waals surface area contributed by atoms with Crippen molar-refractivity contribution in [2.75, 3.05) is 4.90 Å². The molecule has 3 heteroatoms. The van der Waals surface area contributed by atoms with E-state index in [1.807, 2.05) is 55.7 Å². The van der Waals surface area contributed by atoms with E-state index in [4.69, 9.17) is 0 Å². The fourth-order valence-corrected chi connectivity index (χ4v) is 4.26. The van der Waals surface area contributed by atoms with E-state index in [0.29, 0.717) is 0 Å². The van der Waals surface area contributed by atoms with Crippen LogP contribution in [0.1, 0.15) is 25.6 Å². The maximum atomic E-state index is 13.4. The van der Waals surface area contributed by atoms with E-state index < -0.39 is 5.41 Å². The number of carbonyl (C=O) groups is 1. The normalized spacial score (nSPS) is 11.7. The molecule has 158 valence electrons. The predicted molar refractivity (Wildman–Crippen MR) is 134 cm³/mol. The number of nitrogens with zero attached hydrogens (tertiary/aromatic N) is 2. The number of carbonyl (C=O) groups excluding carboxylic acids is 1. The standard InChI is InChI=1S/C29H26N2O/c1-29(2,3)28(32)31-26-17-11-10-16-24(26)25-20-23(18-19-27(25)31)30(21-12-6-4-7-13-21)22-14-8-5-9-15-22/h4-20H,1-3H3. The van der Waals surface area contributed by atoms with E-state index in [1.54, 1.807) is 0 Å². The number of fused-ring (bicyclic) bond motifs is 3. The van der Waals surface area contributed by atoms with Crippen LogP contribution in [-0.2, 0) is 0 Å². The highest BCUT2D eigenvalue weighted by atomic mass is 16.2. The Hall–Kier alpha value is -3.85. The largest absolute Gasteiger partial charge is 0.310 e. The van der Waals surface area contributed by atoms with Gasteiger partial charge in [-0.05, 0) is 48.5 Å². The van der Waals surface area contributed by atoms with Crippen LogP contribution in [0.3, 0.4) is 0 Å². The lowest BCUT2D eigenvalue weighted by Crippen LogP contribution is -2.26. The number of rotatable bonds is 3. The first kappa shape index (κ1) is 20.1. The second kappa shape index (κ2) is 7.69. The third-order valence-corrected chi connectivity index (χ3v) is 5.79. The van der Waals surface area contributed by atoms with Gasteiger partial charge in [-0.2, -0.15) is 0 Å². The van der Waals surface area contributed by atoms with Crippen molar-refractivity contribution in [1.29, 1.82) is 0 Å². The average molecular weight is 419 g/mol. The lowest BCUT2D eigenvalue weighted by molar-refractivity contribution is 0.0778. The molecule has 0 N–H and O–H groups in total. The van der Waals surface area contributed by atoms with Crippen molar-refractivity contribution in [2.45, 2.75) is 20.8 Å². The van der Waals surface area contributed by atoms with E-state index in [0.717, 1.165) is 38.9 Å². The molecule has 0 aliphatic rings. The van der Waals surface area contributed by atoms with Gasteiger partial charge in [0.05, 0.1) is 11.0 Å². The van der Waals surface area contributed by atoms with Crippen LogP contribution in [0.15, 0.2) is 103 Å². The molecule has 32 heavy (non-hydrogen) atoms. The molecule has 0 fully saturated rings. The van der Waals surface area contributed by atoms with E-state index in [1.165, 1.54) is 0 Å². The van der Waals surface area contributed by atoms with Gasteiger partial charge in [-0.1, -0.05) is 75.4 Å². The molecule has 5 rings (SSSR count). The summed E-state index contributed by atoms with van der Waals surface area (Å²) in [7, 11) is 0. The summed E-state index contributed by atoms with van der Waals surface area (Å²) in [6.45, 7) is 5.91. The van der Waals surface area contributed by atoms with E-state index in [-0.39, 0.29) is 5.91 Å². The van der Waals surface area contributed by atoms with Crippen molar-refractivity contribution in [3.05, 3.63) is 103 Å². The molecule has 0 aliphatic heterocycles. The second-order valence-corrected chi connectivity index (χ2v) is 9.12. The van der Waals surface area contributed by atoms with Crippen molar-refractivity contribution in [3.63, 3.8) is 0 Å². The summed E-state index contributed by atoms with van der Waals surface area (Å²) in [4.78, 5) is 15.6. The second-order valence-electron chi connectivity index (χ2n) is 9.12. The molecule has 0 aliphatic carbocycles. The Morgan fingerprint density at radius 2 is 1.16 bits per heavy atom. The molecule has 1 heterocycles. The van der Waals surface area contributed by atoms with Crippen LogP contribution in [-0.4, -0.2) is 10.5 Å². The summed E-state index contributed by atoms with van der Waals surface area (Å²) in [5.74, 6) is 0.0967. The molecule has 0 saturated heterocycles. The van der Waals surface area contributed by atoms with Gasteiger partial charge in [-0.25, -0.2) is 0 Å². The van der Waals surface area contributed by atoms with Crippen molar-refractivity contribution in [1.82, 2.24) is 4.57 Å². The molecule has 0 spiro atoms. The van der Waals surface area contributed by atoms with E-state index in [2.05, 4.69) is 77.7 Å². The monoisotopic (exact) mass is 418 g/mol. The molecule has 0 amide bonds. The number of anilines is 3. The van der Waals surface area contributed by atoms with Gasteiger partial charge in [0, 0.05) is 33.2 Å². The first-order chi connectivity index (χ1) is 15.4. The Balaban J connectivity index is 1.78. The van der Waals surface area contributed by atoms with Crippen LogP contribution in [0.5, 0.6) is 0 Å². The lowest BCUT2D eigenvalue weighted by Gasteiger charge is -2.25. The summed E-state index contributed by atoms with van der Waals surface area (Å²) < 4.78 is 1.88. The lowest BCUT2D eigenvalue weighted by atomic mass is 9.95. The van der Waals surface area contributed by atoms with E-state index >= 15 is 0 Å². The molecule has 3 nitrogen and oxygen atoms in total. The van der Waals surface area contributed by atoms with Crippen LogP contribution < -0.4 is 4.90 Å². The molecule has 5 aromatic rings. The first-order valence-electron chi connectivity index (χ1n) is 10.9. The van der Waals surface area contributed by atoms with Gasteiger partial charge < -0.3 is 4.90 Å². The molecular formula is C29H26N2O. The van der Waals surface area contributed by atoms with Crippen molar-refractivity contribution >= 4 is 44.8 Å². The minimum atomic E-state index is -0.479. The van der Waals surface area contributed by atoms with Gasteiger partial charge in [0.1, 0.15) is 0 Å². The van der Waals surface area contributed by atoms with Crippen LogP contribution in [0, 0.1) is 5.41 Å². The molecule has 1 aromatic heterocycles. The molecule has 0 atom stereocenters. The Morgan fingerprint density at radius 1 is 0.625 bits per heavy atom. The molecule has 0 radical (unpaired) electrons. The highest BCUT2D eigenvalue weighted by Crippen LogP contribution is 2.39. The summed E-state index contributed by atoms with van der Waals surface area (Å²) in [5, 5.41) is 2.16. The van der Waals surface area contributed by atoms with Gasteiger partial charge in [0.2, 0.25) is 5.91 Å². The average Bonchev–Trinajstić information content (AvgIpc) is 3.13. The quantitative estimate of drug-likeness (QED) is 0.297. The molecule has 0 unspecified atom stereocenters. The van der Waals surface area contributed by atoms with E-state index in [9.17, 15) is 4.79 Å². The van der Waals surface area contributed by atoms with Crippen LogP contribution >= 0.6 is 0 Å². The predicted octanol–water partition coefficient (Wildman–Crippen LogP) is 7.95. The summed E-state index contributed by atoms with van der Waals surface area (Å²) in [6.07, 6.45) is 0. The number of hydrogen-bond donors (Lipinski definition) is 0. The number of hydrogen-bond acceptors (Lipinski definition) is 2. The highest BCUT2D eigenvalue weighted by molar-refractivity contribution is 6.15. The Labute approximate surface area is 188 Å². The molecule has 4 aromatic carbocycles. The third kappa shape index (κ3) is 3.36. The fraction of sp³-hybridized carbons (Fsp3) is 0.138. The molecule has 0 saturated carbocycles. The first-order valence-corrected chi connectivity index (χ1v) is 10.9. The number of benzene rings is 4. The summed E-state index contributed by atoms with van der Waals surface area (Å²) >= 11 is 0. The minimum absolute atomic E-state index is 0.0967. The Bertz CT molecular complexity index is 1370. The van der Waals surface area contributed by atoms with Gasteiger partial charge in [0.25, 0.3) is 0 Å². The number of aromatic nitrogens is 1.